The van der Waals surface area contributed by atoms with Crippen molar-refractivity contribution in [2.45, 2.75) is 32.7 Å². The zero-order chi connectivity index (χ0) is 14.0. The number of amides is 1. The number of aromatic nitrogens is 1. The fraction of sp³-hybridized carbons (Fsp3) is 0.583. The molecule has 1 aliphatic heterocycles. The van der Waals surface area contributed by atoms with Crippen LogP contribution in [-0.4, -0.2) is 44.7 Å². The van der Waals surface area contributed by atoms with E-state index in [1.165, 1.54) is 16.7 Å². The molecule has 1 amide bonds. The first-order valence-electron chi connectivity index (χ1n) is 6.02. The molecule has 0 aliphatic carbocycles. The molecule has 0 bridgehead atoms. The van der Waals surface area contributed by atoms with E-state index in [2.05, 4.69) is 5.16 Å². The molecule has 0 radical (unpaired) electrons. The lowest BCUT2D eigenvalue weighted by molar-refractivity contribution is -0.147. The fourth-order valence-electron chi connectivity index (χ4n) is 2.13. The summed E-state index contributed by atoms with van der Waals surface area (Å²) in [6.07, 6.45) is 0.820. The van der Waals surface area contributed by atoms with Gasteiger partial charge in [-0.2, -0.15) is 0 Å². The van der Waals surface area contributed by atoms with Gasteiger partial charge in [0.25, 0.3) is 0 Å². The first kappa shape index (κ1) is 13.9. The molecule has 1 N–H and O–H groups in total. The number of carboxylic acid groups (broad SMARTS) is 1. The Morgan fingerprint density at radius 2 is 2.26 bits per heavy atom. The van der Waals surface area contributed by atoms with Gasteiger partial charge in [-0.25, -0.2) is 4.79 Å². The van der Waals surface area contributed by atoms with E-state index in [0.29, 0.717) is 18.1 Å². The van der Waals surface area contributed by atoms with Crippen molar-refractivity contribution in [3.8, 4) is 0 Å². The van der Waals surface area contributed by atoms with Crippen molar-refractivity contribution >= 4 is 23.6 Å². The highest BCUT2D eigenvalue weighted by Crippen LogP contribution is 2.23. The molecule has 2 heterocycles. The maximum absolute atomic E-state index is 12.1. The highest BCUT2D eigenvalue weighted by Gasteiger charge is 2.34. The smallest absolute Gasteiger partial charge is 0.327 e. The van der Waals surface area contributed by atoms with Crippen molar-refractivity contribution in [1.29, 1.82) is 0 Å². The topological polar surface area (TPSA) is 83.6 Å². The number of hydrogen-bond acceptors (Lipinski definition) is 5. The van der Waals surface area contributed by atoms with E-state index in [1.807, 2.05) is 13.8 Å². The van der Waals surface area contributed by atoms with Gasteiger partial charge in [0.2, 0.25) is 5.91 Å². The van der Waals surface area contributed by atoms with Gasteiger partial charge >= 0.3 is 5.97 Å². The Morgan fingerprint density at radius 3 is 2.84 bits per heavy atom. The van der Waals surface area contributed by atoms with Crippen molar-refractivity contribution in [1.82, 2.24) is 10.1 Å². The average molecular weight is 284 g/mol. The number of carbonyl (C=O) groups is 2. The van der Waals surface area contributed by atoms with Gasteiger partial charge in [0, 0.05) is 17.7 Å². The minimum absolute atomic E-state index is 0.127. The van der Waals surface area contributed by atoms with Crippen LogP contribution in [0.2, 0.25) is 0 Å². The Labute approximate surface area is 115 Å². The molecule has 0 saturated carbocycles. The van der Waals surface area contributed by atoms with E-state index < -0.39 is 12.0 Å². The molecular weight excluding hydrogens is 268 g/mol. The quantitative estimate of drug-likeness (QED) is 0.894. The summed E-state index contributed by atoms with van der Waals surface area (Å²) in [4.78, 5) is 24.5. The van der Waals surface area contributed by atoms with Gasteiger partial charge in [-0.05, 0) is 20.3 Å². The molecule has 1 aliphatic rings. The second-order valence-corrected chi connectivity index (χ2v) is 5.52. The summed E-state index contributed by atoms with van der Waals surface area (Å²) in [5.74, 6) is 0.577. The van der Waals surface area contributed by atoms with Crippen LogP contribution in [0, 0.1) is 13.8 Å². The van der Waals surface area contributed by atoms with E-state index in [-0.39, 0.29) is 12.3 Å². The number of rotatable bonds is 4. The van der Waals surface area contributed by atoms with Gasteiger partial charge in [-0.3, -0.25) is 4.79 Å². The maximum Gasteiger partial charge on any atom is 0.327 e. The third-order valence-electron chi connectivity index (χ3n) is 3.26. The summed E-state index contributed by atoms with van der Waals surface area (Å²) in [6, 6.07) is -0.692. The largest absolute Gasteiger partial charge is 0.480 e. The summed E-state index contributed by atoms with van der Waals surface area (Å²) in [5.41, 5.74) is 1.72. The molecule has 1 atom stereocenters. The number of aliphatic carboxylic acids is 1. The van der Waals surface area contributed by atoms with Crippen LogP contribution in [0.3, 0.4) is 0 Å². The summed E-state index contributed by atoms with van der Waals surface area (Å²) < 4.78 is 5.04. The second kappa shape index (κ2) is 5.64. The number of carboxylic acids is 1. The summed E-state index contributed by atoms with van der Waals surface area (Å²) in [7, 11) is 0. The monoisotopic (exact) mass is 284 g/mol. The molecule has 1 saturated heterocycles. The van der Waals surface area contributed by atoms with Crippen LogP contribution in [0.15, 0.2) is 4.52 Å². The van der Waals surface area contributed by atoms with Gasteiger partial charge in [0.1, 0.15) is 11.8 Å². The van der Waals surface area contributed by atoms with Crippen molar-refractivity contribution in [3.05, 3.63) is 17.0 Å². The number of carbonyl (C=O) groups excluding carboxylic acids is 1. The van der Waals surface area contributed by atoms with E-state index in [1.54, 1.807) is 0 Å². The van der Waals surface area contributed by atoms with Crippen LogP contribution >= 0.6 is 11.8 Å². The standard InChI is InChI=1S/C12H16N2O4S/c1-7-9(8(2)18-13-7)3-4-11(15)14-6-19-5-10(14)12(16)17/h10H,3-6H2,1-2H3,(H,16,17)/t10-/m0/s1. The van der Waals surface area contributed by atoms with Crippen LogP contribution < -0.4 is 0 Å². The molecule has 6 nitrogen and oxygen atoms in total. The van der Waals surface area contributed by atoms with Crippen LogP contribution in [0.4, 0.5) is 0 Å². The number of thioether (sulfide) groups is 1. The van der Waals surface area contributed by atoms with Crippen molar-refractivity contribution in [3.63, 3.8) is 0 Å². The van der Waals surface area contributed by atoms with Gasteiger partial charge < -0.3 is 14.5 Å². The predicted octanol–water partition coefficient (Wildman–Crippen LogP) is 1.21. The number of hydrogen-bond donors (Lipinski definition) is 1. The van der Waals surface area contributed by atoms with Gasteiger partial charge in [0.15, 0.2) is 0 Å². The van der Waals surface area contributed by atoms with Crippen LogP contribution in [0.1, 0.15) is 23.4 Å². The lowest BCUT2D eigenvalue weighted by Crippen LogP contribution is -2.41. The molecule has 1 aromatic rings. The lowest BCUT2D eigenvalue weighted by Gasteiger charge is -2.20. The van der Waals surface area contributed by atoms with Crippen molar-refractivity contribution < 1.29 is 19.2 Å². The minimum Gasteiger partial charge on any atom is -0.480 e. The minimum atomic E-state index is -0.935. The Hall–Kier alpha value is -1.50. The molecule has 1 fully saturated rings. The zero-order valence-electron chi connectivity index (χ0n) is 10.9. The Bertz CT molecular complexity index is 480. The molecule has 104 valence electrons. The number of nitrogens with zero attached hydrogens (tertiary/aromatic N) is 2. The van der Waals surface area contributed by atoms with E-state index >= 15 is 0 Å². The average Bonchev–Trinajstić information content (AvgIpc) is 2.95. The molecule has 7 heteroatoms. The van der Waals surface area contributed by atoms with Gasteiger partial charge in [-0.15, -0.1) is 11.8 Å². The molecule has 0 aromatic carbocycles. The second-order valence-electron chi connectivity index (χ2n) is 4.52. The molecule has 19 heavy (non-hydrogen) atoms. The molecule has 1 aromatic heterocycles. The third-order valence-corrected chi connectivity index (χ3v) is 4.27. The van der Waals surface area contributed by atoms with Crippen LogP contribution in [0.25, 0.3) is 0 Å². The van der Waals surface area contributed by atoms with Crippen LogP contribution in [-0.2, 0) is 16.0 Å². The molecular formula is C12H16N2O4S. The van der Waals surface area contributed by atoms with Crippen molar-refractivity contribution in [2.24, 2.45) is 0 Å². The Kier molecular flexibility index (Phi) is 4.14. The van der Waals surface area contributed by atoms with E-state index in [0.717, 1.165) is 17.0 Å². The highest BCUT2D eigenvalue weighted by atomic mass is 32.2. The maximum atomic E-state index is 12.1. The fourth-order valence-corrected chi connectivity index (χ4v) is 3.30. The summed E-state index contributed by atoms with van der Waals surface area (Å²) in [6.45, 7) is 3.65. The van der Waals surface area contributed by atoms with Crippen LogP contribution in [0.5, 0.6) is 0 Å². The normalized spacial score (nSPS) is 18.8. The predicted molar refractivity (Wildman–Crippen MR) is 69.9 cm³/mol. The number of aryl methyl sites for hydroxylation is 2. The van der Waals surface area contributed by atoms with E-state index in [9.17, 15) is 9.59 Å². The zero-order valence-corrected chi connectivity index (χ0v) is 11.7. The van der Waals surface area contributed by atoms with Crippen molar-refractivity contribution in [2.75, 3.05) is 11.6 Å². The molecule has 0 unspecified atom stereocenters. The van der Waals surface area contributed by atoms with E-state index in [4.69, 9.17) is 9.63 Å². The SMILES string of the molecule is Cc1noc(C)c1CCC(=O)N1CSC[C@H]1C(=O)O. The lowest BCUT2D eigenvalue weighted by atomic mass is 10.1. The summed E-state index contributed by atoms with van der Waals surface area (Å²) >= 11 is 1.47. The van der Waals surface area contributed by atoms with Gasteiger partial charge in [-0.1, -0.05) is 5.16 Å². The Morgan fingerprint density at radius 1 is 1.53 bits per heavy atom. The van der Waals surface area contributed by atoms with Gasteiger partial charge in [0.05, 0.1) is 11.6 Å². The first-order valence-corrected chi connectivity index (χ1v) is 7.18. The highest BCUT2D eigenvalue weighted by molar-refractivity contribution is 7.99. The Balaban J connectivity index is 1.96. The first-order chi connectivity index (χ1) is 9.00. The molecule has 2 rings (SSSR count). The third kappa shape index (κ3) is 2.91. The summed E-state index contributed by atoms with van der Waals surface area (Å²) in [5, 5.41) is 12.9. The molecule has 0 spiro atoms.